The maximum absolute atomic E-state index is 12.6. The van der Waals surface area contributed by atoms with Crippen LogP contribution in [0.15, 0.2) is 39.5 Å². The normalized spacial score (nSPS) is 10.7. The zero-order valence-electron chi connectivity index (χ0n) is 16.1. The van der Waals surface area contributed by atoms with Gasteiger partial charge in [-0.1, -0.05) is 0 Å². The highest BCUT2D eigenvalue weighted by Crippen LogP contribution is 2.31. The van der Waals surface area contributed by atoms with E-state index >= 15 is 0 Å². The van der Waals surface area contributed by atoms with Gasteiger partial charge < -0.3 is 24.3 Å². The first-order valence-electron chi connectivity index (χ1n) is 8.61. The minimum Gasteiger partial charge on any atom is -0.507 e. The van der Waals surface area contributed by atoms with Crippen molar-refractivity contribution in [3.8, 4) is 17.2 Å². The summed E-state index contributed by atoms with van der Waals surface area (Å²) in [4.78, 5) is 25.0. The van der Waals surface area contributed by atoms with Gasteiger partial charge in [0.15, 0.2) is 0 Å². The maximum atomic E-state index is 12.6. The van der Waals surface area contributed by atoms with Gasteiger partial charge >= 0.3 is 5.63 Å². The number of carbonyl (C=O) groups excluding carboxylic acids is 1. The van der Waals surface area contributed by atoms with E-state index in [1.165, 1.54) is 14.2 Å². The summed E-state index contributed by atoms with van der Waals surface area (Å²) in [5.74, 6) is 0.600. The molecule has 0 aliphatic heterocycles. The second-order valence-electron chi connectivity index (χ2n) is 6.44. The van der Waals surface area contributed by atoms with Crippen LogP contribution in [0, 0.1) is 13.8 Å². The molecule has 0 bridgehead atoms. The van der Waals surface area contributed by atoms with Crippen LogP contribution in [-0.2, 0) is 11.2 Å². The lowest BCUT2D eigenvalue weighted by atomic mass is 10.0. The lowest BCUT2D eigenvalue weighted by Crippen LogP contribution is -2.21. The zero-order valence-corrected chi connectivity index (χ0v) is 16.1. The highest BCUT2D eigenvalue weighted by atomic mass is 16.5. The fourth-order valence-corrected chi connectivity index (χ4v) is 3.13. The Kier molecular flexibility index (Phi) is 5.26. The fourth-order valence-electron chi connectivity index (χ4n) is 3.13. The van der Waals surface area contributed by atoms with Gasteiger partial charge in [-0.25, -0.2) is 4.79 Å². The number of aromatic hydroxyl groups is 1. The van der Waals surface area contributed by atoms with Crippen LogP contribution >= 0.6 is 0 Å². The number of nitrogens with one attached hydrogen (secondary N) is 1. The molecule has 28 heavy (non-hydrogen) atoms. The number of methoxy groups -OCH3 is 2. The lowest BCUT2D eigenvalue weighted by Gasteiger charge is -2.13. The number of carbonyl (C=O) groups is 1. The number of amides is 1. The van der Waals surface area contributed by atoms with Gasteiger partial charge in [0.25, 0.3) is 0 Å². The molecule has 1 heterocycles. The second kappa shape index (κ2) is 7.64. The highest BCUT2D eigenvalue weighted by molar-refractivity contribution is 5.95. The number of hydrogen-bond donors (Lipinski definition) is 2. The molecular weight excluding hydrogens is 362 g/mol. The number of hydrogen-bond acceptors (Lipinski definition) is 6. The molecule has 0 atom stereocenters. The van der Waals surface area contributed by atoms with E-state index in [1.807, 2.05) is 0 Å². The smallest absolute Gasteiger partial charge is 0.340 e. The minimum atomic E-state index is -0.609. The van der Waals surface area contributed by atoms with Gasteiger partial charge in [0.1, 0.15) is 22.8 Å². The third-order valence-electron chi connectivity index (χ3n) is 4.52. The number of aryl methyl sites for hydroxylation is 2. The Morgan fingerprint density at radius 2 is 1.89 bits per heavy atom. The fraction of sp³-hybridized carbons (Fsp3) is 0.238. The summed E-state index contributed by atoms with van der Waals surface area (Å²) in [6.45, 7) is 3.47. The number of phenols is 1. The van der Waals surface area contributed by atoms with Crippen molar-refractivity contribution in [2.75, 3.05) is 19.5 Å². The largest absolute Gasteiger partial charge is 0.507 e. The molecule has 1 amide bonds. The van der Waals surface area contributed by atoms with Crippen LogP contribution in [0.4, 0.5) is 5.69 Å². The summed E-state index contributed by atoms with van der Waals surface area (Å²) in [6, 6.07) is 8.27. The van der Waals surface area contributed by atoms with Gasteiger partial charge in [0, 0.05) is 6.07 Å². The summed E-state index contributed by atoms with van der Waals surface area (Å²) in [6.07, 6.45) is -0.211. The Morgan fingerprint density at radius 3 is 2.57 bits per heavy atom. The molecule has 0 aliphatic carbocycles. The van der Waals surface area contributed by atoms with Crippen molar-refractivity contribution in [1.29, 1.82) is 0 Å². The number of ether oxygens (including phenoxy) is 2. The third-order valence-corrected chi connectivity index (χ3v) is 4.52. The zero-order chi connectivity index (χ0) is 20.4. The second-order valence-corrected chi connectivity index (χ2v) is 6.44. The van der Waals surface area contributed by atoms with Crippen LogP contribution in [0.2, 0.25) is 0 Å². The summed E-state index contributed by atoms with van der Waals surface area (Å²) < 4.78 is 15.7. The van der Waals surface area contributed by atoms with Gasteiger partial charge in [-0.3, -0.25) is 4.79 Å². The molecule has 0 aliphatic rings. The van der Waals surface area contributed by atoms with Gasteiger partial charge in [-0.15, -0.1) is 0 Å². The summed E-state index contributed by atoms with van der Waals surface area (Å²) in [7, 11) is 3.01. The van der Waals surface area contributed by atoms with Crippen LogP contribution < -0.4 is 20.4 Å². The van der Waals surface area contributed by atoms with Gasteiger partial charge in [-0.05, 0) is 49.2 Å². The van der Waals surface area contributed by atoms with E-state index in [4.69, 9.17) is 13.9 Å². The van der Waals surface area contributed by atoms with Gasteiger partial charge in [0.05, 0.1) is 37.3 Å². The SMILES string of the molecule is COc1ccc(OC)c(NC(=O)Cc2c(C)c3c(O)cc(C)cc3oc2=O)c1. The van der Waals surface area contributed by atoms with Crippen LogP contribution in [0.5, 0.6) is 17.2 Å². The van der Waals surface area contributed by atoms with Gasteiger partial charge in [0.2, 0.25) is 5.91 Å². The molecule has 0 fully saturated rings. The molecule has 7 heteroatoms. The monoisotopic (exact) mass is 383 g/mol. The average molecular weight is 383 g/mol. The van der Waals surface area contributed by atoms with Crippen LogP contribution in [0.25, 0.3) is 11.0 Å². The van der Waals surface area contributed by atoms with Crippen molar-refractivity contribution in [2.45, 2.75) is 20.3 Å². The third kappa shape index (κ3) is 3.64. The van der Waals surface area contributed by atoms with Crippen molar-refractivity contribution in [3.05, 3.63) is 57.4 Å². The van der Waals surface area contributed by atoms with Crippen molar-refractivity contribution >= 4 is 22.6 Å². The Hall–Kier alpha value is -3.48. The average Bonchev–Trinajstić information content (AvgIpc) is 2.64. The number of phenolic OH excluding ortho intramolecular Hbond substituents is 1. The van der Waals surface area contributed by atoms with E-state index in [-0.39, 0.29) is 17.7 Å². The van der Waals surface area contributed by atoms with E-state index in [1.54, 1.807) is 44.2 Å². The molecule has 0 unspecified atom stereocenters. The van der Waals surface area contributed by atoms with Crippen molar-refractivity contribution in [3.63, 3.8) is 0 Å². The molecule has 0 saturated carbocycles. The summed E-state index contributed by atoms with van der Waals surface area (Å²) in [5.41, 5.74) is 1.57. The summed E-state index contributed by atoms with van der Waals surface area (Å²) >= 11 is 0. The predicted octanol–water partition coefficient (Wildman–Crippen LogP) is 3.31. The summed E-state index contributed by atoms with van der Waals surface area (Å²) in [5, 5.41) is 13.4. The van der Waals surface area contributed by atoms with E-state index in [2.05, 4.69) is 5.32 Å². The quantitative estimate of drug-likeness (QED) is 0.656. The molecule has 0 saturated heterocycles. The Labute approximate surface area is 161 Å². The molecule has 3 rings (SSSR count). The standard InChI is InChI=1S/C21H21NO6/c1-11-7-16(23)20-12(2)14(21(25)28-18(20)8-11)10-19(24)22-15-9-13(26-3)5-6-17(15)27-4/h5-9,23H,10H2,1-4H3,(H,22,24). The minimum absolute atomic E-state index is 0.00683. The van der Waals surface area contributed by atoms with Crippen molar-refractivity contribution in [1.82, 2.24) is 0 Å². The molecular formula is C21H21NO6. The molecule has 1 aromatic heterocycles. The van der Waals surface area contributed by atoms with Crippen LogP contribution in [0.1, 0.15) is 16.7 Å². The molecule has 2 N–H and O–H groups in total. The number of benzene rings is 2. The number of fused-ring (bicyclic) bond motifs is 1. The molecule has 3 aromatic rings. The Bertz CT molecular complexity index is 1120. The first-order chi connectivity index (χ1) is 13.3. The Balaban J connectivity index is 1.95. The van der Waals surface area contributed by atoms with Crippen molar-refractivity contribution < 1.29 is 23.8 Å². The first kappa shape index (κ1) is 19.3. The predicted molar refractivity (Wildman–Crippen MR) is 106 cm³/mol. The molecule has 146 valence electrons. The van der Waals surface area contributed by atoms with E-state index in [9.17, 15) is 14.7 Å². The lowest BCUT2D eigenvalue weighted by molar-refractivity contribution is -0.115. The van der Waals surface area contributed by atoms with E-state index < -0.39 is 11.5 Å². The molecule has 0 radical (unpaired) electrons. The number of rotatable bonds is 5. The topological polar surface area (TPSA) is 98.0 Å². The van der Waals surface area contributed by atoms with Crippen LogP contribution in [0.3, 0.4) is 0 Å². The van der Waals surface area contributed by atoms with E-state index in [0.717, 1.165) is 5.56 Å². The van der Waals surface area contributed by atoms with E-state index in [0.29, 0.717) is 33.7 Å². The van der Waals surface area contributed by atoms with Crippen molar-refractivity contribution in [2.24, 2.45) is 0 Å². The molecule has 7 nitrogen and oxygen atoms in total. The van der Waals surface area contributed by atoms with Gasteiger partial charge in [-0.2, -0.15) is 0 Å². The Morgan fingerprint density at radius 1 is 1.14 bits per heavy atom. The maximum Gasteiger partial charge on any atom is 0.340 e. The first-order valence-corrected chi connectivity index (χ1v) is 8.61. The van der Waals surface area contributed by atoms with Crippen LogP contribution in [-0.4, -0.2) is 25.2 Å². The highest BCUT2D eigenvalue weighted by Gasteiger charge is 2.18. The number of anilines is 1. The molecule has 2 aromatic carbocycles. The molecule has 0 spiro atoms.